The number of aryl methyl sites for hydroxylation is 1. The van der Waals surface area contributed by atoms with E-state index in [0.29, 0.717) is 18.0 Å². The van der Waals surface area contributed by atoms with E-state index in [2.05, 4.69) is 15.8 Å². The summed E-state index contributed by atoms with van der Waals surface area (Å²) in [5, 5.41) is 8.81. The van der Waals surface area contributed by atoms with Gasteiger partial charge in [-0.2, -0.15) is 0 Å². The van der Waals surface area contributed by atoms with E-state index in [0.717, 1.165) is 0 Å². The van der Waals surface area contributed by atoms with Crippen LogP contribution in [0.3, 0.4) is 0 Å². The van der Waals surface area contributed by atoms with E-state index in [1.807, 2.05) is 13.8 Å². The molecular weight excluding hydrogens is 234 g/mol. The number of hydrogen-bond donors (Lipinski definition) is 2. The number of amides is 2. The lowest BCUT2D eigenvalue weighted by Crippen LogP contribution is -2.46. The molecule has 100 valence electrons. The van der Waals surface area contributed by atoms with Gasteiger partial charge in [0, 0.05) is 13.1 Å². The highest BCUT2D eigenvalue weighted by Gasteiger charge is 2.23. The highest BCUT2D eigenvalue weighted by molar-refractivity contribution is 5.95. The van der Waals surface area contributed by atoms with Crippen molar-refractivity contribution in [2.75, 3.05) is 7.05 Å². The molecular formula is C12H19N3O3. The van der Waals surface area contributed by atoms with Gasteiger partial charge in [0.1, 0.15) is 6.04 Å². The van der Waals surface area contributed by atoms with Crippen LogP contribution in [0.25, 0.3) is 0 Å². The number of nitrogens with one attached hydrogen (secondary N) is 2. The van der Waals surface area contributed by atoms with Crippen molar-refractivity contribution in [3.05, 3.63) is 17.5 Å². The normalized spacial score (nSPS) is 12.3. The summed E-state index contributed by atoms with van der Waals surface area (Å²) < 4.78 is 4.85. The van der Waals surface area contributed by atoms with E-state index in [4.69, 9.17) is 4.52 Å². The third-order valence-corrected chi connectivity index (χ3v) is 2.43. The van der Waals surface area contributed by atoms with Crippen LogP contribution >= 0.6 is 0 Å². The van der Waals surface area contributed by atoms with Gasteiger partial charge in [0.15, 0.2) is 0 Å². The smallest absolute Gasteiger partial charge is 0.290 e. The molecule has 18 heavy (non-hydrogen) atoms. The van der Waals surface area contributed by atoms with Crippen LogP contribution in [-0.4, -0.2) is 30.1 Å². The van der Waals surface area contributed by atoms with Crippen molar-refractivity contribution < 1.29 is 14.1 Å². The molecule has 1 atom stereocenters. The molecule has 1 rings (SSSR count). The van der Waals surface area contributed by atoms with Gasteiger partial charge in [-0.25, -0.2) is 0 Å². The number of rotatable bonds is 5. The summed E-state index contributed by atoms with van der Waals surface area (Å²) in [4.78, 5) is 23.5. The first-order valence-electron chi connectivity index (χ1n) is 5.89. The second kappa shape index (κ2) is 6.18. The Balaban J connectivity index is 2.71. The van der Waals surface area contributed by atoms with E-state index in [-0.39, 0.29) is 11.7 Å². The molecule has 2 N–H and O–H groups in total. The van der Waals surface area contributed by atoms with Crippen molar-refractivity contribution in [3.8, 4) is 0 Å². The number of carbonyl (C=O) groups excluding carboxylic acids is 2. The van der Waals surface area contributed by atoms with Gasteiger partial charge >= 0.3 is 0 Å². The zero-order chi connectivity index (χ0) is 13.7. The summed E-state index contributed by atoms with van der Waals surface area (Å²) in [6.07, 6.45) is 0.568. The molecule has 6 heteroatoms. The van der Waals surface area contributed by atoms with Gasteiger partial charge in [-0.05, 0) is 19.3 Å². The Kier molecular flexibility index (Phi) is 4.88. The summed E-state index contributed by atoms with van der Waals surface area (Å²) in [7, 11) is 1.54. The fraction of sp³-hybridized carbons (Fsp3) is 0.583. The number of nitrogens with zero attached hydrogens (tertiary/aromatic N) is 1. The third-order valence-electron chi connectivity index (χ3n) is 2.43. The minimum Gasteiger partial charge on any atom is -0.357 e. The van der Waals surface area contributed by atoms with E-state index < -0.39 is 11.9 Å². The van der Waals surface area contributed by atoms with Crippen molar-refractivity contribution in [2.45, 2.75) is 33.2 Å². The Hall–Kier alpha value is -1.85. The van der Waals surface area contributed by atoms with Crippen LogP contribution in [0.4, 0.5) is 0 Å². The van der Waals surface area contributed by atoms with Gasteiger partial charge in [0.2, 0.25) is 11.7 Å². The Morgan fingerprint density at radius 3 is 2.56 bits per heavy atom. The molecule has 0 radical (unpaired) electrons. The molecule has 0 aromatic carbocycles. The first kappa shape index (κ1) is 14.2. The zero-order valence-electron chi connectivity index (χ0n) is 11.1. The van der Waals surface area contributed by atoms with E-state index >= 15 is 0 Å². The van der Waals surface area contributed by atoms with Gasteiger partial charge in [-0.1, -0.05) is 19.0 Å². The van der Waals surface area contributed by atoms with Crippen molar-refractivity contribution in [2.24, 2.45) is 5.92 Å². The average Bonchev–Trinajstić information content (AvgIpc) is 2.73. The van der Waals surface area contributed by atoms with Gasteiger partial charge in [-0.3, -0.25) is 9.59 Å². The molecule has 0 aliphatic rings. The lowest BCUT2D eigenvalue weighted by molar-refractivity contribution is -0.122. The molecule has 0 saturated heterocycles. The molecule has 1 heterocycles. The SMILES string of the molecule is CNC(=O)[C@@H](CC(C)C)NC(=O)c1cc(C)no1. The maximum atomic E-state index is 11.8. The Morgan fingerprint density at radius 2 is 2.11 bits per heavy atom. The molecule has 2 amide bonds. The van der Waals surface area contributed by atoms with E-state index in [1.54, 1.807) is 14.0 Å². The van der Waals surface area contributed by atoms with Crippen LogP contribution in [0.5, 0.6) is 0 Å². The first-order chi connectivity index (χ1) is 8.43. The third kappa shape index (κ3) is 3.87. The first-order valence-corrected chi connectivity index (χ1v) is 5.89. The summed E-state index contributed by atoms with van der Waals surface area (Å²) in [5.74, 6) is -0.229. The van der Waals surface area contributed by atoms with Crippen molar-refractivity contribution in [3.63, 3.8) is 0 Å². The maximum Gasteiger partial charge on any atom is 0.290 e. The molecule has 0 fully saturated rings. The Bertz CT molecular complexity index is 426. The predicted octanol–water partition coefficient (Wildman–Crippen LogP) is 0.874. The molecule has 0 unspecified atom stereocenters. The monoisotopic (exact) mass is 253 g/mol. The second-order valence-electron chi connectivity index (χ2n) is 4.60. The number of aromatic nitrogens is 1. The van der Waals surface area contributed by atoms with Gasteiger partial charge < -0.3 is 15.2 Å². The van der Waals surface area contributed by atoms with Crippen LogP contribution in [0.2, 0.25) is 0 Å². The van der Waals surface area contributed by atoms with Crippen molar-refractivity contribution >= 4 is 11.8 Å². The lowest BCUT2D eigenvalue weighted by atomic mass is 10.0. The maximum absolute atomic E-state index is 11.8. The minimum absolute atomic E-state index is 0.116. The van der Waals surface area contributed by atoms with Crippen LogP contribution in [-0.2, 0) is 4.79 Å². The van der Waals surface area contributed by atoms with Gasteiger partial charge in [-0.15, -0.1) is 0 Å². The fourth-order valence-corrected chi connectivity index (χ4v) is 1.58. The summed E-state index contributed by atoms with van der Waals surface area (Å²) in [6, 6.07) is 0.971. The molecule has 6 nitrogen and oxygen atoms in total. The highest BCUT2D eigenvalue weighted by atomic mass is 16.5. The zero-order valence-corrected chi connectivity index (χ0v) is 11.1. The van der Waals surface area contributed by atoms with Crippen LogP contribution in [0, 0.1) is 12.8 Å². The largest absolute Gasteiger partial charge is 0.357 e. The topological polar surface area (TPSA) is 84.2 Å². The van der Waals surface area contributed by atoms with Gasteiger partial charge in [0.25, 0.3) is 5.91 Å². The Labute approximate surface area is 106 Å². The van der Waals surface area contributed by atoms with Crippen LogP contribution in [0.1, 0.15) is 36.5 Å². The van der Waals surface area contributed by atoms with E-state index in [1.165, 1.54) is 6.07 Å². The lowest BCUT2D eigenvalue weighted by Gasteiger charge is -2.18. The number of likely N-dealkylation sites (N-methyl/N-ethyl adjacent to an activating group) is 1. The number of hydrogen-bond acceptors (Lipinski definition) is 4. The Morgan fingerprint density at radius 1 is 1.44 bits per heavy atom. The quantitative estimate of drug-likeness (QED) is 0.815. The number of carbonyl (C=O) groups is 2. The minimum atomic E-state index is -0.562. The molecule has 0 aliphatic carbocycles. The summed E-state index contributed by atoms with van der Waals surface area (Å²) in [6.45, 7) is 5.70. The van der Waals surface area contributed by atoms with Crippen molar-refractivity contribution in [1.82, 2.24) is 15.8 Å². The molecule has 0 bridgehead atoms. The molecule has 0 saturated carbocycles. The standard InChI is InChI=1S/C12H19N3O3/c1-7(2)5-9(11(16)13-4)14-12(17)10-6-8(3)15-18-10/h6-7,9H,5H2,1-4H3,(H,13,16)(H,14,17)/t9-/m1/s1. The molecule has 1 aromatic rings. The molecule has 0 aliphatic heterocycles. The highest BCUT2D eigenvalue weighted by Crippen LogP contribution is 2.07. The summed E-state index contributed by atoms with van der Waals surface area (Å²) in [5.41, 5.74) is 0.625. The van der Waals surface area contributed by atoms with Gasteiger partial charge in [0.05, 0.1) is 5.69 Å². The van der Waals surface area contributed by atoms with Crippen LogP contribution < -0.4 is 10.6 Å². The van der Waals surface area contributed by atoms with Crippen molar-refractivity contribution in [1.29, 1.82) is 0 Å². The van der Waals surface area contributed by atoms with E-state index in [9.17, 15) is 9.59 Å². The molecule has 0 spiro atoms. The second-order valence-corrected chi connectivity index (χ2v) is 4.60. The predicted molar refractivity (Wildman–Crippen MR) is 66.0 cm³/mol. The van der Waals surface area contributed by atoms with Crippen LogP contribution in [0.15, 0.2) is 10.6 Å². The fourth-order valence-electron chi connectivity index (χ4n) is 1.58. The summed E-state index contributed by atoms with van der Waals surface area (Å²) >= 11 is 0. The molecule has 1 aromatic heterocycles. The average molecular weight is 253 g/mol.